The molecule has 0 aliphatic rings. The van der Waals surface area contributed by atoms with E-state index < -0.39 is 12.0 Å². The summed E-state index contributed by atoms with van der Waals surface area (Å²) in [4.78, 5) is 23.6. The van der Waals surface area contributed by atoms with Crippen LogP contribution in [0.15, 0.2) is 48.5 Å². The lowest BCUT2D eigenvalue weighted by Gasteiger charge is -2.11. The van der Waals surface area contributed by atoms with Crippen molar-refractivity contribution in [3.05, 3.63) is 54.1 Å². The summed E-state index contributed by atoms with van der Waals surface area (Å²) >= 11 is 0. The fourth-order valence-electron chi connectivity index (χ4n) is 2.18. The van der Waals surface area contributed by atoms with Crippen LogP contribution < -0.4 is 20.1 Å². The quantitative estimate of drug-likeness (QED) is 0.559. The minimum atomic E-state index is -0.514. The van der Waals surface area contributed by atoms with Crippen LogP contribution in [0.5, 0.6) is 11.5 Å². The Hall–Kier alpha value is -3.22. The van der Waals surface area contributed by atoms with Crippen LogP contribution in [0.3, 0.4) is 0 Å². The van der Waals surface area contributed by atoms with E-state index in [1.54, 1.807) is 36.4 Å². The second-order valence-corrected chi connectivity index (χ2v) is 5.17. The van der Waals surface area contributed by atoms with E-state index in [4.69, 9.17) is 14.2 Å². The van der Waals surface area contributed by atoms with Crippen LogP contribution >= 0.6 is 0 Å². The van der Waals surface area contributed by atoms with E-state index in [2.05, 4.69) is 10.6 Å². The summed E-state index contributed by atoms with van der Waals surface area (Å²) in [5.41, 5.74) is 0.667. The second kappa shape index (κ2) is 9.93. The van der Waals surface area contributed by atoms with Crippen molar-refractivity contribution in [3.8, 4) is 11.5 Å². The third-order valence-electron chi connectivity index (χ3n) is 3.37. The molecule has 0 aliphatic heterocycles. The molecule has 0 saturated heterocycles. The molecule has 0 bridgehead atoms. The van der Waals surface area contributed by atoms with Crippen molar-refractivity contribution in [2.45, 2.75) is 6.92 Å². The lowest BCUT2D eigenvalue weighted by Crippen LogP contribution is -2.32. The molecule has 0 unspecified atom stereocenters. The second-order valence-electron chi connectivity index (χ2n) is 5.17. The standard InChI is InChI=1S/C19H22N2O5/c1-3-25-14-8-10-15(11-9-14)26-13-12-20-19(23)21-17-7-5-4-6-16(17)18(22)24-2/h4-11H,3,12-13H2,1-2H3,(H2,20,21,23). The first kappa shape index (κ1) is 19.1. The van der Waals surface area contributed by atoms with Gasteiger partial charge in [0.15, 0.2) is 0 Å². The van der Waals surface area contributed by atoms with Crippen molar-refractivity contribution in [1.82, 2.24) is 5.32 Å². The Kier molecular flexibility index (Phi) is 7.30. The van der Waals surface area contributed by atoms with Crippen LogP contribution in [0, 0.1) is 0 Å². The van der Waals surface area contributed by atoms with Gasteiger partial charge in [-0.25, -0.2) is 9.59 Å². The third-order valence-corrected chi connectivity index (χ3v) is 3.37. The Morgan fingerprint density at radius 3 is 2.27 bits per heavy atom. The van der Waals surface area contributed by atoms with Crippen molar-refractivity contribution < 1.29 is 23.8 Å². The Morgan fingerprint density at radius 1 is 0.962 bits per heavy atom. The van der Waals surface area contributed by atoms with Crippen molar-refractivity contribution in [2.75, 3.05) is 32.2 Å². The van der Waals surface area contributed by atoms with Crippen molar-refractivity contribution in [2.24, 2.45) is 0 Å². The summed E-state index contributed by atoms with van der Waals surface area (Å²) in [5, 5.41) is 5.29. The number of hydrogen-bond donors (Lipinski definition) is 2. The highest BCUT2D eigenvalue weighted by Gasteiger charge is 2.12. The molecular weight excluding hydrogens is 336 g/mol. The molecule has 2 N–H and O–H groups in total. The molecule has 2 aromatic rings. The molecular formula is C19H22N2O5. The maximum absolute atomic E-state index is 12.0. The van der Waals surface area contributed by atoms with Gasteiger partial charge in [-0.05, 0) is 43.3 Å². The number of anilines is 1. The SMILES string of the molecule is CCOc1ccc(OCCNC(=O)Nc2ccccc2C(=O)OC)cc1. The van der Waals surface area contributed by atoms with E-state index in [1.807, 2.05) is 19.1 Å². The highest BCUT2D eigenvalue weighted by molar-refractivity contribution is 6.00. The number of carbonyl (C=O) groups excluding carboxylic acids is 2. The van der Waals surface area contributed by atoms with Crippen LogP contribution in [-0.4, -0.2) is 38.9 Å². The van der Waals surface area contributed by atoms with Gasteiger partial charge in [-0.15, -0.1) is 0 Å². The predicted molar refractivity (Wildman–Crippen MR) is 97.9 cm³/mol. The molecule has 2 rings (SSSR count). The number of carbonyl (C=O) groups is 2. The average molecular weight is 358 g/mol. The van der Waals surface area contributed by atoms with Gasteiger partial charge in [0, 0.05) is 0 Å². The number of benzene rings is 2. The van der Waals surface area contributed by atoms with Gasteiger partial charge >= 0.3 is 12.0 Å². The molecule has 7 heteroatoms. The molecule has 0 radical (unpaired) electrons. The fourth-order valence-corrected chi connectivity index (χ4v) is 2.18. The molecule has 0 saturated carbocycles. The molecule has 0 aromatic heterocycles. The number of urea groups is 1. The van der Waals surface area contributed by atoms with E-state index in [9.17, 15) is 9.59 Å². The Labute approximate surface area is 152 Å². The van der Waals surface area contributed by atoms with E-state index >= 15 is 0 Å². The van der Waals surface area contributed by atoms with Crippen molar-refractivity contribution >= 4 is 17.7 Å². The van der Waals surface area contributed by atoms with Crippen LogP contribution in [-0.2, 0) is 4.74 Å². The van der Waals surface area contributed by atoms with Gasteiger partial charge in [0.2, 0.25) is 0 Å². The normalized spacial score (nSPS) is 9.92. The van der Waals surface area contributed by atoms with Gasteiger partial charge in [-0.1, -0.05) is 12.1 Å². The Morgan fingerprint density at radius 2 is 1.62 bits per heavy atom. The smallest absolute Gasteiger partial charge is 0.339 e. The molecule has 138 valence electrons. The van der Waals surface area contributed by atoms with E-state index in [0.717, 1.165) is 5.75 Å². The first-order valence-corrected chi connectivity index (χ1v) is 8.22. The summed E-state index contributed by atoms with van der Waals surface area (Å²) in [5.74, 6) is 0.952. The molecule has 0 spiro atoms. The zero-order chi connectivity index (χ0) is 18.8. The lowest BCUT2D eigenvalue weighted by molar-refractivity contribution is 0.0602. The van der Waals surface area contributed by atoms with E-state index in [1.165, 1.54) is 7.11 Å². The van der Waals surface area contributed by atoms with Gasteiger partial charge < -0.3 is 24.8 Å². The molecule has 0 atom stereocenters. The summed E-state index contributed by atoms with van der Waals surface area (Å²) in [6.07, 6.45) is 0. The van der Waals surface area contributed by atoms with Gasteiger partial charge in [0.05, 0.1) is 31.5 Å². The maximum atomic E-state index is 12.0. The number of amides is 2. The molecule has 0 fully saturated rings. The summed E-state index contributed by atoms with van der Waals surface area (Å²) < 4.78 is 15.6. The Bertz CT molecular complexity index is 731. The lowest BCUT2D eigenvalue weighted by atomic mass is 10.2. The molecule has 2 amide bonds. The number of para-hydroxylation sites is 1. The molecule has 7 nitrogen and oxygen atoms in total. The number of rotatable bonds is 8. The van der Waals surface area contributed by atoms with Crippen LogP contribution in [0.2, 0.25) is 0 Å². The zero-order valence-corrected chi connectivity index (χ0v) is 14.8. The highest BCUT2D eigenvalue weighted by atomic mass is 16.5. The van der Waals surface area contributed by atoms with Gasteiger partial charge in [0.1, 0.15) is 18.1 Å². The summed E-state index contributed by atoms with van der Waals surface area (Å²) in [7, 11) is 1.29. The largest absolute Gasteiger partial charge is 0.494 e. The highest BCUT2D eigenvalue weighted by Crippen LogP contribution is 2.17. The third kappa shape index (κ3) is 5.70. The molecule has 26 heavy (non-hydrogen) atoms. The first-order valence-electron chi connectivity index (χ1n) is 8.22. The van der Waals surface area contributed by atoms with Crippen molar-refractivity contribution in [1.29, 1.82) is 0 Å². The van der Waals surface area contributed by atoms with Gasteiger partial charge in [-0.2, -0.15) is 0 Å². The van der Waals surface area contributed by atoms with E-state index in [0.29, 0.717) is 31.2 Å². The fraction of sp³-hybridized carbons (Fsp3) is 0.263. The minimum absolute atomic E-state index is 0.288. The summed E-state index contributed by atoms with van der Waals surface area (Å²) in [6, 6.07) is 13.4. The number of ether oxygens (including phenoxy) is 3. The number of methoxy groups -OCH3 is 1. The number of hydrogen-bond acceptors (Lipinski definition) is 5. The topological polar surface area (TPSA) is 85.9 Å². The number of esters is 1. The molecule has 0 heterocycles. The predicted octanol–water partition coefficient (Wildman–Crippen LogP) is 3.07. The van der Waals surface area contributed by atoms with Crippen LogP contribution in [0.25, 0.3) is 0 Å². The van der Waals surface area contributed by atoms with Gasteiger partial charge in [-0.3, -0.25) is 0 Å². The van der Waals surface area contributed by atoms with Crippen LogP contribution in [0.4, 0.5) is 10.5 Å². The van der Waals surface area contributed by atoms with E-state index in [-0.39, 0.29) is 5.56 Å². The number of nitrogens with one attached hydrogen (secondary N) is 2. The zero-order valence-electron chi connectivity index (χ0n) is 14.8. The minimum Gasteiger partial charge on any atom is -0.494 e. The van der Waals surface area contributed by atoms with Crippen LogP contribution in [0.1, 0.15) is 17.3 Å². The Balaban J connectivity index is 1.76. The first-order chi connectivity index (χ1) is 12.6. The maximum Gasteiger partial charge on any atom is 0.339 e. The van der Waals surface area contributed by atoms with Crippen molar-refractivity contribution in [3.63, 3.8) is 0 Å². The average Bonchev–Trinajstić information content (AvgIpc) is 2.66. The monoisotopic (exact) mass is 358 g/mol. The molecule has 2 aromatic carbocycles. The summed E-state index contributed by atoms with van der Waals surface area (Å²) in [6.45, 7) is 3.14. The van der Waals surface area contributed by atoms with Gasteiger partial charge in [0.25, 0.3) is 0 Å². The molecule has 0 aliphatic carbocycles.